The third-order valence-electron chi connectivity index (χ3n) is 4.15. The number of carbonyl (C=O) groups is 1. The van der Waals surface area contributed by atoms with Gasteiger partial charge < -0.3 is 9.72 Å². The molecule has 0 aliphatic rings. The topological polar surface area (TPSA) is 42.1 Å². The molecule has 1 heterocycles. The van der Waals surface area contributed by atoms with Gasteiger partial charge in [0.05, 0.1) is 12.7 Å². The fourth-order valence-electron chi connectivity index (χ4n) is 3.04. The van der Waals surface area contributed by atoms with Gasteiger partial charge in [0.15, 0.2) is 0 Å². The van der Waals surface area contributed by atoms with E-state index in [0.717, 1.165) is 22.2 Å². The van der Waals surface area contributed by atoms with Crippen LogP contribution in [0.15, 0.2) is 66.7 Å². The smallest absolute Gasteiger partial charge is 0.338 e. The van der Waals surface area contributed by atoms with Crippen LogP contribution in [-0.4, -0.2) is 18.1 Å². The Labute approximate surface area is 133 Å². The molecule has 0 saturated carbocycles. The molecule has 0 bridgehead atoms. The Bertz CT molecular complexity index is 1030. The number of esters is 1. The molecule has 4 rings (SSSR count). The van der Waals surface area contributed by atoms with Crippen LogP contribution in [0.5, 0.6) is 0 Å². The fraction of sp³-hybridized carbons (Fsp3) is 0.0500. The first-order chi connectivity index (χ1) is 11.3. The van der Waals surface area contributed by atoms with Crippen molar-refractivity contribution in [2.24, 2.45) is 0 Å². The predicted molar refractivity (Wildman–Crippen MR) is 92.6 cm³/mol. The van der Waals surface area contributed by atoms with Gasteiger partial charge in [0.1, 0.15) is 0 Å². The van der Waals surface area contributed by atoms with Crippen molar-refractivity contribution in [1.29, 1.82) is 0 Å². The normalized spacial score (nSPS) is 11.0. The number of benzene rings is 3. The summed E-state index contributed by atoms with van der Waals surface area (Å²) in [6.45, 7) is 0. The van der Waals surface area contributed by atoms with Crippen molar-refractivity contribution in [2.45, 2.75) is 0 Å². The van der Waals surface area contributed by atoms with Gasteiger partial charge in [0.2, 0.25) is 0 Å². The summed E-state index contributed by atoms with van der Waals surface area (Å²) in [5, 5.41) is 3.55. The second-order valence-electron chi connectivity index (χ2n) is 5.47. The molecular weight excluding hydrogens is 286 g/mol. The summed E-state index contributed by atoms with van der Waals surface area (Å²) in [5.41, 5.74) is 3.38. The molecule has 1 aromatic heterocycles. The van der Waals surface area contributed by atoms with Crippen LogP contribution >= 0.6 is 0 Å². The molecule has 0 atom stereocenters. The van der Waals surface area contributed by atoms with E-state index in [9.17, 15) is 4.79 Å². The molecule has 23 heavy (non-hydrogen) atoms. The first kappa shape index (κ1) is 13.6. The van der Waals surface area contributed by atoms with Crippen molar-refractivity contribution >= 4 is 27.6 Å². The van der Waals surface area contributed by atoms with E-state index < -0.39 is 0 Å². The molecule has 0 aliphatic heterocycles. The zero-order valence-electron chi connectivity index (χ0n) is 12.7. The molecule has 3 aromatic carbocycles. The van der Waals surface area contributed by atoms with E-state index in [4.69, 9.17) is 4.74 Å². The molecule has 0 unspecified atom stereocenters. The maximum absolute atomic E-state index is 12.0. The van der Waals surface area contributed by atoms with E-state index in [1.807, 2.05) is 30.3 Å². The van der Waals surface area contributed by atoms with Crippen molar-refractivity contribution in [2.75, 3.05) is 7.11 Å². The lowest BCUT2D eigenvalue weighted by molar-refractivity contribution is 0.0601. The number of methoxy groups -OCH3 is 1. The first-order valence-corrected chi connectivity index (χ1v) is 7.46. The zero-order valence-corrected chi connectivity index (χ0v) is 12.7. The molecule has 112 valence electrons. The Hall–Kier alpha value is -3.07. The molecule has 0 fully saturated rings. The molecule has 4 aromatic rings. The number of H-pyrrole nitrogens is 1. The Kier molecular flexibility index (Phi) is 3.12. The van der Waals surface area contributed by atoms with Crippen LogP contribution in [0.2, 0.25) is 0 Å². The van der Waals surface area contributed by atoms with E-state index in [-0.39, 0.29) is 5.97 Å². The maximum Gasteiger partial charge on any atom is 0.338 e. The highest BCUT2D eigenvalue weighted by Crippen LogP contribution is 2.31. The van der Waals surface area contributed by atoms with E-state index in [1.165, 1.54) is 17.9 Å². The second-order valence-corrected chi connectivity index (χ2v) is 5.47. The average Bonchev–Trinajstić information content (AvgIpc) is 3.05. The number of ether oxygens (including phenoxy) is 1. The van der Waals surface area contributed by atoms with Crippen LogP contribution in [0.1, 0.15) is 10.4 Å². The average molecular weight is 301 g/mol. The summed E-state index contributed by atoms with van der Waals surface area (Å²) in [5.74, 6) is -0.330. The van der Waals surface area contributed by atoms with E-state index in [2.05, 4.69) is 35.3 Å². The minimum Gasteiger partial charge on any atom is -0.465 e. The number of aromatic nitrogens is 1. The summed E-state index contributed by atoms with van der Waals surface area (Å²) < 4.78 is 4.89. The molecule has 0 amide bonds. The number of nitrogens with one attached hydrogen (secondary N) is 1. The van der Waals surface area contributed by atoms with Crippen LogP contribution in [0, 0.1) is 0 Å². The Morgan fingerprint density at radius 3 is 2.57 bits per heavy atom. The minimum absolute atomic E-state index is 0.330. The number of hydrogen-bond donors (Lipinski definition) is 1. The molecular formula is C20H15NO2. The van der Waals surface area contributed by atoms with Crippen molar-refractivity contribution in [1.82, 2.24) is 4.98 Å². The van der Waals surface area contributed by atoms with E-state index >= 15 is 0 Å². The Morgan fingerprint density at radius 2 is 1.70 bits per heavy atom. The lowest BCUT2D eigenvalue weighted by Crippen LogP contribution is -2.03. The summed E-state index contributed by atoms with van der Waals surface area (Å²) in [6.07, 6.45) is 0. The molecule has 0 spiro atoms. The summed E-state index contributed by atoms with van der Waals surface area (Å²) in [7, 11) is 1.40. The number of rotatable bonds is 2. The lowest BCUT2D eigenvalue weighted by Gasteiger charge is -2.05. The van der Waals surface area contributed by atoms with E-state index in [1.54, 1.807) is 6.07 Å². The van der Waals surface area contributed by atoms with Crippen molar-refractivity contribution < 1.29 is 9.53 Å². The highest BCUT2D eigenvalue weighted by molar-refractivity contribution is 6.09. The zero-order chi connectivity index (χ0) is 15.8. The van der Waals surface area contributed by atoms with Crippen molar-refractivity contribution in [3.63, 3.8) is 0 Å². The maximum atomic E-state index is 12.0. The number of aromatic amines is 1. The molecule has 1 N–H and O–H groups in total. The quantitative estimate of drug-likeness (QED) is 0.542. The predicted octanol–water partition coefficient (Wildman–Crippen LogP) is 4.77. The van der Waals surface area contributed by atoms with Crippen LogP contribution < -0.4 is 0 Å². The van der Waals surface area contributed by atoms with Crippen LogP contribution in [0.4, 0.5) is 0 Å². The Morgan fingerprint density at radius 1 is 0.913 bits per heavy atom. The Balaban J connectivity index is 1.97. The van der Waals surface area contributed by atoms with Gasteiger partial charge in [-0.1, -0.05) is 48.5 Å². The first-order valence-electron chi connectivity index (χ1n) is 7.46. The summed E-state index contributed by atoms with van der Waals surface area (Å²) in [4.78, 5) is 15.4. The third kappa shape index (κ3) is 2.18. The molecule has 0 aliphatic carbocycles. The van der Waals surface area contributed by atoms with Gasteiger partial charge in [0.25, 0.3) is 0 Å². The highest BCUT2D eigenvalue weighted by atomic mass is 16.5. The van der Waals surface area contributed by atoms with Gasteiger partial charge in [-0.25, -0.2) is 4.79 Å². The highest BCUT2D eigenvalue weighted by Gasteiger charge is 2.14. The van der Waals surface area contributed by atoms with Crippen LogP contribution in [0.3, 0.4) is 0 Å². The third-order valence-corrected chi connectivity index (χ3v) is 4.15. The van der Waals surface area contributed by atoms with Crippen LogP contribution in [-0.2, 0) is 4.74 Å². The lowest BCUT2D eigenvalue weighted by atomic mass is 10.0. The van der Waals surface area contributed by atoms with Gasteiger partial charge in [0, 0.05) is 22.2 Å². The standard InChI is InChI=1S/C20H15NO2/c1-23-20(22)16-9-5-4-8-15(16)19-12-17-14-7-3-2-6-13(14)10-11-18(17)21-19/h2-12,21H,1H3. The van der Waals surface area contributed by atoms with Crippen LogP contribution in [0.25, 0.3) is 32.9 Å². The molecule has 0 radical (unpaired) electrons. The van der Waals surface area contributed by atoms with Gasteiger partial charge in [-0.15, -0.1) is 0 Å². The number of fused-ring (bicyclic) bond motifs is 3. The molecule has 3 heteroatoms. The molecule has 0 saturated heterocycles. The largest absolute Gasteiger partial charge is 0.465 e. The molecule has 3 nitrogen and oxygen atoms in total. The number of hydrogen-bond acceptors (Lipinski definition) is 2. The SMILES string of the molecule is COC(=O)c1ccccc1-c1cc2c(ccc3ccccc32)[nH]1. The van der Waals surface area contributed by atoms with Gasteiger partial charge in [-0.3, -0.25) is 0 Å². The summed E-state index contributed by atoms with van der Waals surface area (Å²) >= 11 is 0. The number of carbonyl (C=O) groups excluding carboxylic acids is 1. The second kappa shape index (κ2) is 5.29. The minimum atomic E-state index is -0.330. The van der Waals surface area contributed by atoms with Crippen molar-refractivity contribution in [3.05, 3.63) is 72.3 Å². The van der Waals surface area contributed by atoms with Gasteiger partial charge >= 0.3 is 5.97 Å². The fourth-order valence-corrected chi connectivity index (χ4v) is 3.04. The van der Waals surface area contributed by atoms with Crippen molar-refractivity contribution in [3.8, 4) is 11.3 Å². The van der Waals surface area contributed by atoms with E-state index in [0.29, 0.717) is 5.56 Å². The van der Waals surface area contributed by atoms with Gasteiger partial charge in [-0.05, 0) is 29.0 Å². The monoisotopic (exact) mass is 301 g/mol. The van der Waals surface area contributed by atoms with Gasteiger partial charge in [-0.2, -0.15) is 0 Å². The summed E-state index contributed by atoms with van der Waals surface area (Å²) in [6, 6.07) is 22.0.